The van der Waals surface area contributed by atoms with Crippen LogP contribution in [0.3, 0.4) is 0 Å². The first-order valence-corrected chi connectivity index (χ1v) is 7.18. The standard InChI is InChI=1S/C15H31N/c1-6-11-16-14(15(3,4)5)13-9-7-12(2)8-10-13/h12-14,16H,6-11H2,1-5H3. The highest BCUT2D eigenvalue weighted by molar-refractivity contribution is 4.88. The molecule has 1 nitrogen and oxygen atoms in total. The van der Waals surface area contributed by atoms with E-state index >= 15 is 0 Å². The van der Waals surface area contributed by atoms with Gasteiger partial charge in [0.15, 0.2) is 0 Å². The number of nitrogens with one attached hydrogen (secondary N) is 1. The van der Waals surface area contributed by atoms with Crippen LogP contribution in [0.1, 0.15) is 66.7 Å². The van der Waals surface area contributed by atoms with Crippen molar-refractivity contribution < 1.29 is 0 Å². The van der Waals surface area contributed by atoms with E-state index in [0.29, 0.717) is 11.5 Å². The summed E-state index contributed by atoms with van der Waals surface area (Å²) in [5, 5.41) is 3.79. The van der Waals surface area contributed by atoms with Crippen molar-refractivity contribution >= 4 is 0 Å². The zero-order valence-corrected chi connectivity index (χ0v) is 12.0. The maximum absolute atomic E-state index is 3.79. The third kappa shape index (κ3) is 4.08. The van der Waals surface area contributed by atoms with E-state index < -0.39 is 0 Å². The summed E-state index contributed by atoms with van der Waals surface area (Å²) < 4.78 is 0. The van der Waals surface area contributed by atoms with Crippen molar-refractivity contribution in [2.45, 2.75) is 72.8 Å². The van der Waals surface area contributed by atoms with E-state index in [-0.39, 0.29) is 0 Å². The van der Waals surface area contributed by atoms with E-state index in [1.807, 2.05) is 0 Å². The average molecular weight is 225 g/mol. The number of rotatable bonds is 4. The Morgan fingerprint density at radius 1 is 1.12 bits per heavy atom. The summed E-state index contributed by atoms with van der Waals surface area (Å²) in [4.78, 5) is 0. The van der Waals surface area contributed by atoms with Crippen LogP contribution in [-0.4, -0.2) is 12.6 Å². The number of hydrogen-bond acceptors (Lipinski definition) is 1. The van der Waals surface area contributed by atoms with Crippen molar-refractivity contribution in [2.75, 3.05) is 6.54 Å². The molecule has 0 spiro atoms. The van der Waals surface area contributed by atoms with Gasteiger partial charge in [-0.2, -0.15) is 0 Å². The van der Waals surface area contributed by atoms with Gasteiger partial charge in [-0.05, 0) is 43.1 Å². The Kier molecular flexibility index (Phi) is 5.30. The Labute approximate surface area is 102 Å². The topological polar surface area (TPSA) is 12.0 Å². The molecule has 0 aliphatic heterocycles. The molecule has 1 atom stereocenters. The highest BCUT2D eigenvalue weighted by atomic mass is 14.9. The molecular weight excluding hydrogens is 194 g/mol. The van der Waals surface area contributed by atoms with E-state index in [0.717, 1.165) is 11.8 Å². The predicted molar refractivity (Wildman–Crippen MR) is 72.7 cm³/mol. The molecular formula is C15H31N. The molecule has 0 aromatic heterocycles. The lowest BCUT2D eigenvalue weighted by atomic mass is 9.71. The summed E-state index contributed by atoms with van der Waals surface area (Å²) in [6, 6.07) is 0.708. The fourth-order valence-corrected chi connectivity index (χ4v) is 3.10. The van der Waals surface area contributed by atoms with Gasteiger partial charge in [0, 0.05) is 6.04 Å². The summed E-state index contributed by atoms with van der Waals surface area (Å²) in [5.74, 6) is 1.87. The Morgan fingerprint density at radius 2 is 1.69 bits per heavy atom. The molecule has 1 aliphatic rings. The Bertz CT molecular complexity index is 184. The van der Waals surface area contributed by atoms with Gasteiger partial charge in [0.25, 0.3) is 0 Å². The summed E-state index contributed by atoms with van der Waals surface area (Å²) in [6.45, 7) is 13.0. The fourth-order valence-electron chi connectivity index (χ4n) is 3.10. The molecule has 0 aromatic carbocycles. The zero-order valence-electron chi connectivity index (χ0n) is 12.0. The molecule has 1 aliphatic carbocycles. The molecule has 1 heteroatoms. The van der Waals surface area contributed by atoms with Crippen LogP contribution in [0.15, 0.2) is 0 Å². The zero-order chi connectivity index (χ0) is 12.2. The molecule has 1 saturated carbocycles. The molecule has 1 unspecified atom stereocenters. The molecule has 1 fully saturated rings. The second kappa shape index (κ2) is 6.05. The van der Waals surface area contributed by atoms with Crippen molar-refractivity contribution in [3.8, 4) is 0 Å². The van der Waals surface area contributed by atoms with Crippen LogP contribution < -0.4 is 5.32 Å². The largest absolute Gasteiger partial charge is 0.313 e. The monoisotopic (exact) mass is 225 g/mol. The Hall–Kier alpha value is -0.0400. The number of hydrogen-bond donors (Lipinski definition) is 1. The highest BCUT2D eigenvalue weighted by Crippen LogP contribution is 2.36. The van der Waals surface area contributed by atoms with Gasteiger partial charge >= 0.3 is 0 Å². The van der Waals surface area contributed by atoms with Gasteiger partial charge in [0.2, 0.25) is 0 Å². The summed E-state index contributed by atoms with van der Waals surface area (Å²) >= 11 is 0. The van der Waals surface area contributed by atoms with Crippen molar-refractivity contribution in [2.24, 2.45) is 17.3 Å². The minimum atomic E-state index is 0.403. The normalized spacial score (nSPS) is 29.1. The van der Waals surface area contributed by atoms with Crippen molar-refractivity contribution in [3.05, 3.63) is 0 Å². The first kappa shape index (κ1) is 14.0. The lowest BCUT2D eigenvalue weighted by molar-refractivity contribution is 0.142. The lowest BCUT2D eigenvalue weighted by Gasteiger charge is -2.41. The fraction of sp³-hybridized carbons (Fsp3) is 1.00. The van der Waals surface area contributed by atoms with Crippen molar-refractivity contribution in [1.82, 2.24) is 5.32 Å². The third-order valence-corrected chi connectivity index (χ3v) is 4.08. The SMILES string of the molecule is CCCNC(C1CCC(C)CC1)C(C)(C)C. The van der Waals surface area contributed by atoms with Crippen LogP contribution in [0.2, 0.25) is 0 Å². The Balaban J connectivity index is 2.54. The molecule has 0 saturated heterocycles. The van der Waals surface area contributed by atoms with Gasteiger partial charge in [0.1, 0.15) is 0 Å². The van der Waals surface area contributed by atoms with Gasteiger partial charge in [-0.15, -0.1) is 0 Å². The third-order valence-electron chi connectivity index (χ3n) is 4.08. The van der Waals surface area contributed by atoms with E-state index in [4.69, 9.17) is 0 Å². The second-order valence-corrected chi connectivity index (χ2v) is 6.82. The lowest BCUT2D eigenvalue weighted by Crippen LogP contribution is -2.47. The molecule has 0 radical (unpaired) electrons. The smallest absolute Gasteiger partial charge is 0.0144 e. The van der Waals surface area contributed by atoms with Crippen molar-refractivity contribution in [1.29, 1.82) is 0 Å². The van der Waals surface area contributed by atoms with E-state index in [1.54, 1.807) is 0 Å². The van der Waals surface area contributed by atoms with Crippen LogP contribution in [-0.2, 0) is 0 Å². The maximum Gasteiger partial charge on any atom is 0.0144 e. The van der Waals surface area contributed by atoms with Gasteiger partial charge in [-0.25, -0.2) is 0 Å². The van der Waals surface area contributed by atoms with Gasteiger partial charge in [-0.3, -0.25) is 0 Å². The second-order valence-electron chi connectivity index (χ2n) is 6.82. The van der Waals surface area contributed by atoms with Crippen LogP contribution in [0.5, 0.6) is 0 Å². The van der Waals surface area contributed by atoms with E-state index in [2.05, 4.69) is 39.9 Å². The van der Waals surface area contributed by atoms with Crippen molar-refractivity contribution in [3.63, 3.8) is 0 Å². The first-order chi connectivity index (χ1) is 7.45. The van der Waals surface area contributed by atoms with Gasteiger partial charge in [-0.1, -0.05) is 47.5 Å². The van der Waals surface area contributed by atoms with Crippen LogP contribution >= 0.6 is 0 Å². The molecule has 16 heavy (non-hydrogen) atoms. The molecule has 0 heterocycles. The molecule has 0 bridgehead atoms. The minimum absolute atomic E-state index is 0.403. The van der Waals surface area contributed by atoms with E-state index in [1.165, 1.54) is 38.6 Å². The minimum Gasteiger partial charge on any atom is -0.313 e. The van der Waals surface area contributed by atoms with Crippen LogP contribution in [0.25, 0.3) is 0 Å². The van der Waals surface area contributed by atoms with Crippen LogP contribution in [0.4, 0.5) is 0 Å². The van der Waals surface area contributed by atoms with E-state index in [9.17, 15) is 0 Å². The Morgan fingerprint density at radius 3 is 2.12 bits per heavy atom. The van der Waals surface area contributed by atoms with Gasteiger partial charge in [0.05, 0.1) is 0 Å². The summed E-state index contributed by atoms with van der Waals surface area (Å²) in [6.07, 6.45) is 6.98. The average Bonchev–Trinajstić information content (AvgIpc) is 2.19. The summed E-state index contributed by atoms with van der Waals surface area (Å²) in [7, 11) is 0. The van der Waals surface area contributed by atoms with Gasteiger partial charge < -0.3 is 5.32 Å². The molecule has 1 rings (SSSR count). The first-order valence-electron chi connectivity index (χ1n) is 7.18. The summed E-state index contributed by atoms with van der Waals surface area (Å²) in [5.41, 5.74) is 0.403. The maximum atomic E-state index is 3.79. The molecule has 96 valence electrons. The quantitative estimate of drug-likeness (QED) is 0.755. The molecule has 0 amide bonds. The molecule has 1 N–H and O–H groups in total. The molecule has 0 aromatic rings. The predicted octanol–water partition coefficient (Wildman–Crippen LogP) is 4.23. The van der Waals surface area contributed by atoms with Crippen LogP contribution in [0, 0.1) is 17.3 Å². The highest BCUT2D eigenvalue weighted by Gasteiger charge is 2.33.